The second kappa shape index (κ2) is 4.88. The van der Waals surface area contributed by atoms with Crippen LogP contribution < -0.4 is 9.64 Å². The van der Waals surface area contributed by atoms with Crippen LogP contribution in [0, 0.1) is 0 Å². The van der Waals surface area contributed by atoms with E-state index in [0.717, 1.165) is 13.1 Å². The molecule has 0 amide bonds. The maximum absolute atomic E-state index is 10.9. The number of ether oxygens (including phenoxy) is 2. The Morgan fingerprint density at radius 1 is 1.19 bits per heavy atom. The van der Waals surface area contributed by atoms with Gasteiger partial charge in [-0.1, -0.05) is 0 Å². The molecule has 1 fully saturated rings. The van der Waals surface area contributed by atoms with E-state index in [1.807, 2.05) is 12.1 Å². The van der Waals surface area contributed by atoms with Gasteiger partial charge in [-0.15, -0.1) is 0 Å². The molecule has 4 heteroatoms. The molecule has 0 unspecified atom stereocenters. The minimum Gasteiger partial charge on any atom is -0.437 e. The Balaban J connectivity index is 2.01. The zero-order valence-corrected chi connectivity index (χ0v) is 9.31. The first-order valence-corrected chi connectivity index (χ1v) is 5.40. The average molecular weight is 221 g/mol. The summed E-state index contributed by atoms with van der Waals surface area (Å²) in [5.74, 6) is 0.509. The van der Waals surface area contributed by atoms with Gasteiger partial charge in [-0.25, -0.2) is 4.79 Å². The van der Waals surface area contributed by atoms with Crippen LogP contribution in [0.3, 0.4) is 0 Å². The van der Waals surface area contributed by atoms with Gasteiger partial charge < -0.3 is 14.4 Å². The summed E-state index contributed by atoms with van der Waals surface area (Å²) in [6.07, 6.45) is 1.81. The van der Waals surface area contributed by atoms with Gasteiger partial charge in [0.25, 0.3) is 0 Å². The van der Waals surface area contributed by atoms with Crippen molar-refractivity contribution >= 4 is 11.8 Å². The molecule has 1 aromatic carbocycles. The van der Waals surface area contributed by atoms with Gasteiger partial charge in [0.15, 0.2) is 0 Å². The molecule has 0 radical (unpaired) electrons. The molecule has 0 saturated carbocycles. The molecule has 86 valence electrons. The van der Waals surface area contributed by atoms with E-state index < -0.39 is 6.16 Å². The van der Waals surface area contributed by atoms with Crippen LogP contribution in [0.4, 0.5) is 10.5 Å². The second-order valence-electron chi connectivity index (χ2n) is 3.74. The highest BCUT2D eigenvalue weighted by molar-refractivity contribution is 5.64. The first-order valence-electron chi connectivity index (χ1n) is 5.40. The van der Waals surface area contributed by atoms with E-state index in [4.69, 9.17) is 4.74 Å². The third-order valence-corrected chi connectivity index (χ3v) is 2.68. The lowest BCUT2D eigenvalue weighted by atomic mass is 10.3. The van der Waals surface area contributed by atoms with Gasteiger partial charge >= 0.3 is 6.16 Å². The molecule has 1 saturated heterocycles. The molecule has 16 heavy (non-hydrogen) atoms. The highest BCUT2D eigenvalue weighted by atomic mass is 16.7. The van der Waals surface area contributed by atoms with Crippen molar-refractivity contribution in [2.75, 3.05) is 25.1 Å². The Morgan fingerprint density at radius 2 is 1.81 bits per heavy atom. The Kier molecular flexibility index (Phi) is 3.29. The van der Waals surface area contributed by atoms with Gasteiger partial charge in [-0.2, -0.15) is 0 Å². The van der Waals surface area contributed by atoms with Crippen LogP contribution in [0.15, 0.2) is 24.3 Å². The van der Waals surface area contributed by atoms with E-state index in [2.05, 4.69) is 9.64 Å². The number of hydrogen-bond donors (Lipinski definition) is 0. The van der Waals surface area contributed by atoms with Crippen molar-refractivity contribution in [3.8, 4) is 5.75 Å². The Morgan fingerprint density at radius 3 is 2.38 bits per heavy atom. The Hall–Kier alpha value is -1.71. The number of carbonyl (C=O) groups is 1. The first-order chi connectivity index (χ1) is 7.79. The summed E-state index contributed by atoms with van der Waals surface area (Å²) < 4.78 is 9.31. The first kappa shape index (κ1) is 10.8. The summed E-state index contributed by atoms with van der Waals surface area (Å²) in [5.41, 5.74) is 1.18. The molecule has 4 nitrogen and oxygen atoms in total. The van der Waals surface area contributed by atoms with Crippen LogP contribution >= 0.6 is 0 Å². The third-order valence-electron chi connectivity index (χ3n) is 2.68. The summed E-state index contributed by atoms with van der Waals surface area (Å²) >= 11 is 0. The van der Waals surface area contributed by atoms with E-state index in [-0.39, 0.29) is 0 Å². The van der Waals surface area contributed by atoms with Crippen LogP contribution in [0.25, 0.3) is 0 Å². The Labute approximate surface area is 94.8 Å². The maximum Gasteiger partial charge on any atom is 0.513 e. The molecule has 1 aliphatic heterocycles. The maximum atomic E-state index is 10.9. The summed E-state index contributed by atoms with van der Waals surface area (Å²) in [6.45, 7) is 2.22. The van der Waals surface area contributed by atoms with Crippen molar-refractivity contribution in [1.82, 2.24) is 0 Å². The molecule has 1 aliphatic rings. The van der Waals surface area contributed by atoms with Crippen molar-refractivity contribution in [3.05, 3.63) is 24.3 Å². The minimum absolute atomic E-state index is 0.509. The van der Waals surface area contributed by atoms with E-state index in [1.165, 1.54) is 25.6 Å². The average Bonchev–Trinajstić information content (AvgIpc) is 2.83. The number of benzene rings is 1. The summed E-state index contributed by atoms with van der Waals surface area (Å²) in [4.78, 5) is 13.2. The molecular weight excluding hydrogens is 206 g/mol. The van der Waals surface area contributed by atoms with Gasteiger partial charge in [0.05, 0.1) is 7.11 Å². The van der Waals surface area contributed by atoms with Gasteiger partial charge in [-0.05, 0) is 37.1 Å². The van der Waals surface area contributed by atoms with Gasteiger partial charge in [0, 0.05) is 18.8 Å². The molecule has 1 heterocycles. The van der Waals surface area contributed by atoms with Gasteiger partial charge in [-0.3, -0.25) is 0 Å². The molecule has 0 N–H and O–H groups in total. The van der Waals surface area contributed by atoms with Crippen LogP contribution in [0.2, 0.25) is 0 Å². The molecule has 0 bridgehead atoms. The van der Waals surface area contributed by atoms with E-state index in [9.17, 15) is 4.79 Å². The van der Waals surface area contributed by atoms with Crippen LogP contribution in [0.1, 0.15) is 12.8 Å². The van der Waals surface area contributed by atoms with Crippen LogP contribution in [-0.4, -0.2) is 26.4 Å². The second-order valence-corrected chi connectivity index (χ2v) is 3.74. The highest BCUT2D eigenvalue weighted by Crippen LogP contribution is 2.23. The zero-order valence-electron chi connectivity index (χ0n) is 9.31. The summed E-state index contributed by atoms with van der Waals surface area (Å²) in [5, 5.41) is 0. The predicted molar refractivity (Wildman–Crippen MR) is 60.9 cm³/mol. The van der Waals surface area contributed by atoms with Gasteiger partial charge in [0.2, 0.25) is 0 Å². The lowest BCUT2D eigenvalue weighted by molar-refractivity contribution is 0.121. The normalized spacial score (nSPS) is 14.9. The number of hydrogen-bond acceptors (Lipinski definition) is 4. The predicted octanol–water partition coefficient (Wildman–Crippen LogP) is 2.43. The highest BCUT2D eigenvalue weighted by Gasteiger charge is 2.12. The summed E-state index contributed by atoms with van der Waals surface area (Å²) in [6, 6.07) is 7.49. The number of carbonyl (C=O) groups excluding carboxylic acids is 1. The fourth-order valence-corrected chi connectivity index (χ4v) is 1.84. The molecule has 0 atom stereocenters. The van der Waals surface area contributed by atoms with Crippen molar-refractivity contribution in [1.29, 1.82) is 0 Å². The Bertz CT molecular complexity index is 355. The number of methoxy groups -OCH3 is 1. The largest absolute Gasteiger partial charge is 0.513 e. The minimum atomic E-state index is -0.686. The smallest absolute Gasteiger partial charge is 0.437 e. The van der Waals surface area contributed by atoms with E-state index >= 15 is 0 Å². The molecule has 1 aromatic rings. The van der Waals surface area contributed by atoms with E-state index in [1.54, 1.807) is 12.1 Å². The van der Waals surface area contributed by atoms with Gasteiger partial charge in [0.1, 0.15) is 5.75 Å². The standard InChI is InChI=1S/C12H15NO3/c1-15-12(14)16-11-6-4-10(5-7-11)13-8-2-3-9-13/h4-7H,2-3,8-9H2,1H3. The van der Waals surface area contributed by atoms with Crippen molar-refractivity contribution in [3.63, 3.8) is 0 Å². The van der Waals surface area contributed by atoms with Crippen molar-refractivity contribution in [2.24, 2.45) is 0 Å². The molecule has 0 aromatic heterocycles. The topological polar surface area (TPSA) is 38.8 Å². The monoisotopic (exact) mass is 221 g/mol. The van der Waals surface area contributed by atoms with Crippen LogP contribution in [0.5, 0.6) is 5.75 Å². The quantitative estimate of drug-likeness (QED) is 0.568. The van der Waals surface area contributed by atoms with E-state index in [0.29, 0.717) is 5.75 Å². The van der Waals surface area contributed by atoms with Crippen molar-refractivity contribution < 1.29 is 14.3 Å². The lowest BCUT2D eigenvalue weighted by Crippen LogP contribution is -2.17. The fourth-order valence-electron chi connectivity index (χ4n) is 1.84. The summed E-state index contributed by atoms with van der Waals surface area (Å²) in [7, 11) is 1.29. The number of anilines is 1. The molecular formula is C12H15NO3. The molecule has 0 aliphatic carbocycles. The van der Waals surface area contributed by atoms with Crippen LogP contribution in [-0.2, 0) is 4.74 Å². The van der Waals surface area contributed by atoms with Crippen molar-refractivity contribution in [2.45, 2.75) is 12.8 Å². The number of nitrogens with zero attached hydrogens (tertiary/aromatic N) is 1. The fraction of sp³-hybridized carbons (Fsp3) is 0.417. The molecule has 0 spiro atoms. The SMILES string of the molecule is COC(=O)Oc1ccc(N2CCCC2)cc1. The number of rotatable bonds is 2. The molecule has 2 rings (SSSR count). The zero-order chi connectivity index (χ0) is 11.4. The third kappa shape index (κ3) is 2.45. The lowest BCUT2D eigenvalue weighted by Gasteiger charge is -2.17.